The molecule has 0 saturated heterocycles. The average molecular weight is 426 g/mol. The van der Waals surface area contributed by atoms with Crippen LogP contribution >= 0.6 is 22.7 Å². The number of thiazole rings is 1. The number of hydrogen-bond donors (Lipinski definition) is 1. The molecule has 4 aromatic rings. The molecule has 8 nitrogen and oxygen atoms in total. The smallest absolute Gasteiger partial charge is 0.267 e. The fourth-order valence-corrected chi connectivity index (χ4v) is 4.85. The van der Waals surface area contributed by atoms with Crippen molar-refractivity contribution < 1.29 is 14.3 Å². The minimum Gasteiger partial charge on any atom is -0.454 e. The number of nitrogens with one attached hydrogen (secondary N) is 1. The zero-order chi connectivity index (χ0) is 20.1. The SMILES string of the molecule is Cc1c(C(=O)Nc2nc(-c3ccc4c(c3)OCO4)cs2)sc2ncn(C)c(=O)c12. The van der Waals surface area contributed by atoms with E-state index in [1.165, 1.54) is 33.6 Å². The maximum absolute atomic E-state index is 12.8. The van der Waals surface area contributed by atoms with Crippen LogP contribution in [0.4, 0.5) is 5.13 Å². The van der Waals surface area contributed by atoms with Crippen molar-refractivity contribution in [1.29, 1.82) is 0 Å². The Labute approximate surface area is 172 Å². The predicted octanol–water partition coefficient (Wildman–Crippen LogP) is 3.41. The van der Waals surface area contributed by atoms with E-state index in [9.17, 15) is 9.59 Å². The molecule has 0 saturated carbocycles. The van der Waals surface area contributed by atoms with Gasteiger partial charge in [-0.25, -0.2) is 9.97 Å². The van der Waals surface area contributed by atoms with Crippen molar-refractivity contribution in [3.8, 4) is 22.8 Å². The Morgan fingerprint density at radius 3 is 2.97 bits per heavy atom. The monoisotopic (exact) mass is 426 g/mol. The van der Waals surface area contributed by atoms with Crippen molar-refractivity contribution in [2.24, 2.45) is 7.05 Å². The molecule has 0 fully saturated rings. The lowest BCUT2D eigenvalue weighted by molar-refractivity contribution is 0.103. The Balaban J connectivity index is 1.42. The summed E-state index contributed by atoms with van der Waals surface area (Å²) in [6, 6.07) is 5.59. The molecular weight excluding hydrogens is 412 g/mol. The summed E-state index contributed by atoms with van der Waals surface area (Å²) in [4.78, 5) is 34.9. The number of anilines is 1. The molecule has 0 aliphatic carbocycles. The second-order valence-corrected chi connectivity index (χ2v) is 8.31. The highest BCUT2D eigenvalue weighted by Gasteiger charge is 2.20. The third-order valence-electron chi connectivity index (χ3n) is 4.61. The van der Waals surface area contributed by atoms with Crippen LogP contribution in [-0.2, 0) is 7.05 Å². The van der Waals surface area contributed by atoms with Gasteiger partial charge in [0.1, 0.15) is 4.83 Å². The summed E-state index contributed by atoms with van der Waals surface area (Å²) in [6.45, 7) is 1.97. The van der Waals surface area contributed by atoms with Crippen LogP contribution in [0.2, 0.25) is 0 Å². The quantitative estimate of drug-likeness (QED) is 0.539. The van der Waals surface area contributed by atoms with E-state index in [1.54, 1.807) is 14.0 Å². The Hall–Kier alpha value is -3.24. The van der Waals surface area contributed by atoms with Gasteiger partial charge in [-0.1, -0.05) is 0 Å². The van der Waals surface area contributed by atoms with Gasteiger partial charge in [-0.05, 0) is 30.7 Å². The van der Waals surface area contributed by atoms with E-state index in [0.29, 0.717) is 37.3 Å². The van der Waals surface area contributed by atoms with Gasteiger partial charge in [-0.2, -0.15) is 0 Å². The third-order valence-corrected chi connectivity index (χ3v) is 6.57. The first-order valence-corrected chi connectivity index (χ1v) is 10.3. The fourth-order valence-electron chi connectivity index (χ4n) is 3.10. The Morgan fingerprint density at radius 2 is 2.10 bits per heavy atom. The number of ether oxygens (including phenoxy) is 2. The first-order chi connectivity index (χ1) is 14.0. The number of aromatic nitrogens is 3. The molecule has 0 unspecified atom stereocenters. The van der Waals surface area contributed by atoms with Crippen molar-refractivity contribution in [3.05, 3.63) is 50.7 Å². The molecule has 1 amide bonds. The normalized spacial score (nSPS) is 12.5. The highest BCUT2D eigenvalue weighted by Crippen LogP contribution is 2.36. The van der Waals surface area contributed by atoms with Crippen LogP contribution in [0.15, 0.2) is 34.7 Å². The first-order valence-electron chi connectivity index (χ1n) is 8.63. The molecule has 1 aromatic carbocycles. The Kier molecular flexibility index (Phi) is 4.10. The van der Waals surface area contributed by atoms with Gasteiger partial charge >= 0.3 is 0 Å². The van der Waals surface area contributed by atoms with Crippen LogP contribution in [0.1, 0.15) is 15.2 Å². The molecule has 1 aliphatic rings. The average Bonchev–Trinajstić information content (AvgIpc) is 3.43. The molecule has 4 heterocycles. The highest BCUT2D eigenvalue weighted by atomic mass is 32.1. The number of rotatable bonds is 3. The topological polar surface area (TPSA) is 95.3 Å². The Morgan fingerprint density at radius 1 is 1.28 bits per heavy atom. The van der Waals surface area contributed by atoms with Gasteiger partial charge in [-0.15, -0.1) is 22.7 Å². The number of benzene rings is 1. The summed E-state index contributed by atoms with van der Waals surface area (Å²) in [5, 5.41) is 5.64. The van der Waals surface area contributed by atoms with Crippen molar-refractivity contribution >= 4 is 43.9 Å². The first kappa shape index (κ1) is 17.8. The summed E-state index contributed by atoms with van der Waals surface area (Å²) in [7, 11) is 1.64. The minimum absolute atomic E-state index is 0.165. The minimum atomic E-state index is -0.306. The van der Waals surface area contributed by atoms with Gasteiger partial charge in [0.25, 0.3) is 11.5 Å². The lowest BCUT2D eigenvalue weighted by Gasteiger charge is -2.01. The summed E-state index contributed by atoms with van der Waals surface area (Å²) >= 11 is 2.53. The van der Waals surface area contributed by atoms with E-state index in [0.717, 1.165) is 11.3 Å². The fraction of sp³-hybridized carbons (Fsp3) is 0.158. The number of carbonyl (C=O) groups excluding carboxylic acids is 1. The predicted molar refractivity (Wildman–Crippen MR) is 111 cm³/mol. The maximum Gasteiger partial charge on any atom is 0.267 e. The molecular formula is C19H14N4O4S2. The molecule has 146 valence electrons. The van der Waals surface area contributed by atoms with Gasteiger partial charge in [0.2, 0.25) is 6.79 Å². The number of amides is 1. The number of fused-ring (bicyclic) bond motifs is 2. The molecule has 29 heavy (non-hydrogen) atoms. The van der Waals surface area contributed by atoms with Gasteiger partial charge in [0.05, 0.1) is 22.3 Å². The van der Waals surface area contributed by atoms with E-state index in [4.69, 9.17) is 9.47 Å². The number of hydrogen-bond acceptors (Lipinski definition) is 8. The number of aryl methyl sites for hydroxylation is 2. The van der Waals surface area contributed by atoms with E-state index in [-0.39, 0.29) is 18.3 Å². The largest absolute Gasteiger partial charge is 0.454 e. The van der Waals surface area contributed by atoms with Crippen LogP contribution in [-0.4, -0.2) is 27.2 Å². The Bertz CT molecular complexity index is 1340. The number of nitrogens with zero attached hydrogens (tertiary/aromatic N) is 3. The molecule has 5 rings (SSSR count). The van der Waals surface area contributed by atoms with Crippen molar-refractivity contribution in [2.75, 3.05) is 12.1 Å². The van der Waals surface area contributed by atoms with E-state index in [2.05, 4.69) is 15.3 Å². The van der Waals surface area contributed by atoms with Crippen LogP contribution in [0.25, 0.3) is 21.5 Å². The highest BCUT2D eigenvalue weighted by molar-refractivity contribution is 7.21. The standard InChI is InChI=1S/C19H14N4O4S2/c1-9-14-17(20-7-23(2)18(14)25)29-15(9)16(24)22-19-21-11(6-28-19)10-3-4-12-13(5-10)27-8-26-12/h3-7H,8H2,1-2H3,(H,21,22,24). The molecule has 3 aromatic heterocycles. The van der Waals surface area contributed by atoms with Gasteiger partial charge in [0.15, 0.2) is 16.6 Å². The lowest BCUT2D eigenvalue weighted by Crippen LogP contribution is -2.17. The molecule has 0 atom stereocenters. The number of thiophene rings is 1. The van der Waals surface area contributed by atoms with E-state index in [1.807, 2.05) is 23.6 Å². The molecule has 0 radical (unpaired) electrons. The van der Waals surface area contributed by atoms with Crippen molar-refractivity contribution in [1.82, 2.24) is 14.5 Å². The van der Waals surface area contributed by atoms with Crippen LogP contribution < -0.4 is 20.3 Å². The summed E-state index contributed by atoms with van der Waals surface area (Å²) in [5.74, 6) is 1.08. The zero-order valence-corrected chi connectivity index (χ0v) is 17.0. The third kappa shape index (κ3) is 2.97. The number of carbonyl (C=O) groups is 1. The van der Waals surface area contributed by atoms with Crippen LogP contribution in [0, 0.1) is 6.92 Å². The maximum atomic E-state index is 12.8. The second-order valence-electron chi connectivity index (χ2n) is 6.46. The van der Waals surface area contributed by atoms with E-state index >= 15 is 0 Å². The lowest BCUT2D eigenvalue weighted by atomic mass is 10.1. The second kappa shape index (κ2) is 6.68. The molecule has 0 bridgehead atoms. The zero-order valence-electron chi connectivity index (χ0n) is 15.4. The van der Waals surface area contributed by atoms with E-state index < -0.39 is 0 Å². The summed E-state index contributed by atoms with van der Waals surface area (Å²) in [6.07, 6.45) is 1.46. The van der Waals surface area contributed by atoms with Gasteiger partial charge in [-0.3, -0.25) is 14.9 Å². The molecule has 0 spiro atoms. The van der Waals surface area contributed by atoms with Crippen molar-refractivity contribution in [3.63, 3.8) is 0 Å². The summed E-state index contributed by atoms with van der Waals surface area (Å²) < 4.78 is 12.1. The van der Waals surface area contributed by atoms with Crippen LogP contribution in [0.3, 0.4) is 0 Å². The van der Waals surface area contributed by atoms with Gasteiger partial charge in [0, 0.05) is 18.0 Å². The molecule has 10 heteroatoms. The summed E-state index contributed by atoms with van der Waals surface area (Å²) in [5.41, 5.74) is 2.06. The van der Waals surface area contributed by atoms with Gasteiger partial charge < -0.3 is 14.0 Å². The molecule has 1 aliphatic heterocycles. The van der Waals surface area contributed by atoms with Crippen LogP contribution in [0.5, 0.6) is 11.5 Å². The molecule has 1 N–H and O–H groups in total. The van der Waals surface area contributed by atoms with Crippen molar-refractivity contribution in [2.45, 2.75) is 6.92 Å².